The number of aldehydes is 1. The lowest BCUT2D eigenvalue weighted by molar-refractivity contribution is 0.112. The fourth-order valence-corrected chi connectivity index (χ4v) is 2.31. The van der Waals surface area contributed by atoms with E-state index in [1.54, 1.807) is 13.2 Å². The minimum atomic E-state index is 0.617. The van der Waals surface area contributed by atoms with Crippen LogP contribution < -0.4 is 4.74 Å². The summed E-state index contributed by atoms with van der Waals surface area (Å²) in [6, 6.07) is 15.5. The number of rotatable bonds is 3. The number of H-pyrrole nitrogens is 1. The summed E-state index contributed by atoms with van der Waals surface area (Å²) in [5, 5.41) is 1.11. The largest absolute Gasteiger partial charge is 0.496 e. The van der Waals surface area contributed by atoms with Gasteiger partial charge in [0.2, 0.25) is 0 Å². The minimum absolute atomic E-state index is 0.617. The molecule has 1 N–H and O–H groups in total. The molecule has 3 rings (SSSR count). The van der Waals surface area contributed by atoms with Gasteiger partial charge in [0.05, 0.1) is 18.4 Å². The molecule has 0 spiro atoms. The number of benzene rings is 2. The quantitative estimate of drug-likeness (QED) is 0.722. The zero-order chi connectivity index (χ0) is 13.2. The summed E-state index contributed by atoms with van der Waals surface area (Å²) in [5.74, 6) is 0.691. The molecule has 0 aliphatic heterocycles. The molecule has 0 unspecified atom stereocenters. The number of para-hydroxylation sites is 1. The van der Waals surface area contributed by atoms with E-state index in [4.69, 9.17) is 4.74 Å². The lowest BCUT2D eigenvalue weighted by atomic mass is 10.0. The highest BCUT2D eigenvalue weighted by molar-refractivity contribution is 5.94. The molecule has 0 aliphatic carbocycles. The van der Waals surface area contributed by atoms with Crippen LogP contribution in [0.3, 0.4) is 0 Å². The molecule has 2 aromatic carbocycles. The van der Waals surface area contributed by atoms with Crippen LogP contribution in [0.25, 0.3) is 22.2 Å². The van der Waals surface area contributed by atoms with Gasteiger partial charge in [-0.25, -0.2) is 0 Å². The number of carbonyl (C=O) groups is 1. The molecule has 0 bridgehead atoms. The predicted molar refractivity (Wildman–Crippen MR) is 75.7 cm³/mol. The SMILES string of the molecule is COc1cccc(C=O)c1-c1cc2ccccc2[nH]1. The maximum absolute atomic E-state index is 11.2. The molecule has 0 aliphatic rings. The van der Waals surface area contributed by atoms with Crippen molar-refractivity contribution in [2.24, 2.45) is 0 Å². The van der Waals surface area contributed by atoms with Crippen molar-refractivity contribution in [2.45, 2.75) is 0 Å². The maximum Gasteiger partial charge on any atom is 0.150 e. The monoisotopic (exact) mass is 251 g/mol. The van der Waals surface area contributed by atoms with Crippen LogP contribution in [0.15, 0.2) is 48.5 Å². The van der Waals surface area contributed by atoms with Crippen LogP contribution in [0.4, 0.5) is 0 Å². The number of hydrogen-bond donors (Lipinski definition) is 1. The molecule has 94 valence electrons. The average Bonchev–Trinajstić information content (AvgIpc) is 2.89. The molecule has 1 heterocycles. The normalized spacial score (nSPS) is 10.6. The first kappa shape index (κ1) is 11.5. The van der Waals surface area contributed by atoms with Gasteiger partial charge < -0.3 is 9.72 Å². The van der Waals surface area contributed by atoms with Crippen molar-refractivity contribution in [3.63, 3.8) is 0 Å². The van der Waals surface area contributed by atoms with E-state index in [2.05, 4.69) is 4.98 Å². The van der Waals surface area contributed by atoms with Crippen molar-refractivity contribution < 1.29 is 9.53 Å². The Morgan fingerprint density at radius 3 is 2.68 bits per heavy atom. The first-order valence-electron chi connectivity index (χ1n) is 6.04. The molecule has 3 aromatic rings. The summed E-state index contributed by atoms with van der Waals surface area (Å²) in [6.45, 7) is 0. The van der Waals surface area contributed by atoms with Gasteiger partial charge in [0, 0.05) is 16.5 Å². The van der Waals surface area contributed by atoms with E-state index in [1.165, 1.54) is 0 Å². The van der Waals surface area contributed by atoms with Crippen molar-refractivity contribution in [3.8, 4) is 17.0 Å². The number of nitrogens with one attached hydrogen (secondary N) is 1. The van der Waals surface area contributed by atoms with E-state index < -0.39 is 0 Å². The van der Waals surface area contributed by atoms with E-state index in [0.29, 0.717) is 11.3 Å². The highest BCUT2D eigenvalue weighted by Gasteiger charge is 2.13. The van der Waals surface area contributed by atoms with E-state index in [-0.39, 0.29) is 0 Å². The lowest BCUT2D eigenvalue weighted by Crippen LogP contribution is -1.93. The Morgan fingerprint density at radius 1 is 1.11 bits per heavy atom. The third-order valence-corrected chi connectivity index (χ3v) is 3.20. The summed E-state index contributed by atoms with van der Waals surface area (Å²) in [4.78, 5) is 14.5. The number of carbonyl (C=O) groups excluding carboxylic acids is 1. The number of aromatic amines is 1. The number of methoxy groups -OCH3 is 1. The zero-order valence-electron chi connectivity index (χ0n) is 10.5. The topological polar surface area (TPSA) is 42.1 Å². The maximum atomic E-state index is 11.2. The summed E-state index contributed by atoms with van der Waals surface area (Å²) in [6.07, 6.45) is 0.851. The Morgan fingerprint density at radius 2 is 1.95 bits per heavy atom. The summed E-state index contributed by atoms with van der Waals surface area (Å²) < 4.78 is 5.36. The van der Waals surface area contributed by atoms with Gasteiger partial charge in [0.25, 0.3) is 0 Å². The van der Waals surface area contributed by atoms with E-state index >= 15 is 0 Å². The highest BCUT2D eigenvalue weighted by Crippen LogP contribution is 2.33. The third-order valence-electron chi connectivity index (χ3n) is 3.20. The second kappa shape index (κ2) is 4.61. The molecular weight excluding hydrogens is 238 g/mol. The van der Waals surface area contributed by atoms with Gasteiger partial charge in [-0.3, -0.25) is 4.79 Å². The number of hydrogen-bond acceptors (Lipinski definition) is 2. The van der Waals surface area contributed by atoms with Crippen LogP contribution in [0.1, 0.15) is 10.4 Å². The van der Waals surface area contributed by atoms with Crippen molar-refractivity contribution in [1.82, 2.24) is 4.98 Å². The van der Waals surface area contributed by atoms with E-state index in [9.17, 15) is 4.79 Å². The Balaban J connectivity index is 2.28. The van der Waals surface area contributed by atoms with Crippen LogP contribution in [0.2, 0.25) is 0 Å². The summed E-state index contributed by atoms with van der Waals surface area (Å²) in [7, 11) is 1.61. The third kappa shape index (κ3) is 1.89. The Kier molecular flexibility index (Phi) is 2.80. The van der Waals surface area contributed by atoms with Crippen LogP contribution in [0, 0.1) is 0 Å². The minimum Gasteiger partial charge on any atom is -0.496 e. The van der Waals surface area contributed by atoms with Gasteiger partial charge in [-0.2, -0.15) is 0 Å². The molecule has 1 aromatic heterocycles. The zero-order valence-corrected chi connectivity index (χ0v) is 10.5. The fourth-order valence-electron chi connectivity index (χ4n) is 2.31. The molecule has 0 saturated heterocycles. The van der Waals surface area contributed by atoms with Gasteiger partial charge in [-0.05, 0) is 18.2 Å². The summed E-state index contributed by atoms with van der Waals surface area (Å²) in [5.41, 5.74) is 3.35. The van der Waals surface area contributed by atoms with Gasteiger partial charge in [-0.1, -0.05) is 30.3 Å². The van der Waals surface area contributed by atoms with Crippen molar-refractivity contribution in [1.29, 1.82) is 0 Å². The number of aromatic nitrogens is 1. The van der Waals surface area contributed by atoms with Crippen LogP contribution in [-0.4, -0.2) is 18.4 Å². The fraction of sp³-hybridized carbons (Fsp3) is 0.0625. The number of ether oxygens (including phenoxy) is 1. The average molecular weight is 251 g/mol. The van der Waals surface area contributed by atoms with Gasteiger partial charge in [0.1, 0.15) is 5.75 Å². The molecule has 19 heavy (non-hydrogen) atoms. The number of fused-ring (bicyclic) bond motifs is 1. The van der Waals surface area contributed by atoms with Crippen molar-refractivity contribution in [3.05, 3.63) is 54.1 Å². The Hall–Kier alpha value is -2.55. The van der Waals surface area contributed by atoms with Crippen molar-refractivity contribution >= 4 is 17.2 Å². The second-order valence-corrected chi connectivity index (χ2v) is 4.31. The molecule has 3 heteroatoms. The second-order valence-electron chi connectivity index (χ2n) is 4.31. The Labute approximate surface area is 110 Å². The molecule has 0 saturated carbocycles. The van der Waals surface area contributed by atoms with Crippen LogP contribution >= 0.6 is 0 Å². The Bertz CT molecular complexity index is 710. The smallest absolute Gasteiger partial charge is 0.150 e. The van der Waals surface area contributed by atoms with Crippen LogP contribution in [0.5, 0.6) is 5.75 Å². The van der Waals surface area contributed by atoms with Crippen LogP contribution in [-0.2, 0) is 0 Å². The molecule has 0 atom stereocenters. The molecular formula is C16H13NO2. The highest BCUT2D eigenvalue weighted by atomic mass is 16.5. The van der Waals surface area contributed by atoms with Gasteiger partial charge in [-0.15, -0.1) is 0 Å². The molecule has 0 amide bonds. The first-order valence-corrected chi connectivity index (χ1v) is 6.04. The summed E-state index contributed by atoms with van der Waals surface area (Å²) >= 11 is 0. The molecule has 0 radical (unpaired) electrons. The lowest BCUT2D eigenvalue weighted by Gasteiger charge is -2.08. The van der Waals surface area contributed by atoms with Gasteiger partial charge >= 0.3 is 0 Å². The van der Waals surface area contributed by atoms with Crippen molar-refractivity contribution in [2.75, 3.05) is 7.11 Å². The van der Waals surface area contributed by atoms with E-state index in [1.807, 2.05) is 42.5 Å². The molecule has 3 nitrogen and oxygen atoms in total. The van der Waals surface area contributed by atoms with E-state index in [0.717, 1.165) is 28.4 Å². The van der Waals surface area contributed by atoms with Gasteiger partial charge in [0.15, 0.2) is 6.29 Å². The molecule has 0 fully saturated rings. The first-order chi connectivity index (χ1) is 9.33. The standard InChI is InChI=1S/C16H13NO2/c1-19-15-8-4-6-12(10-18)16(15)14-9-11-5-2-3-7-13(11)17-14/h2-10,17H,1H3. The predicted octanol–water partition coefficient (Wildman–Crippen LogP) is 3.66.